The van der Waals surface area contributed by atoms with Gasteiger partial charge in [0.05, 0.1) is 0 Å². The summed E-state index contributed by atoms with van der Waals surface area (Å²) in [4.78, 5) is 0. The van der Waals surface area contributed by atoms with Crippen LogP contribution in [-0.2, 0) is 0 Å². The van der Waals surface area contributed by atoms with Crippen LogP contribution in [0.15, 0.2) is 59.8 Å². The van der Waals surface area contributed by atoms with Crippen molar-refractivity contribution in [3.63, 3.8) is 0 Å². The molecule has 0 saturated heterocycles. The molecule has 0 heterocycles. The van der Waals surface area contributed by atoms with Crippen molar-refractivity contribution in [3.05, 3.63) is 75.8 Å². The van der Waals surface area contributed by atoms with Crippen LogP contribution in [0.2, 0.25) is 10.0 Å². The van der Waals surface area contributed by atoms with Crippen LogP contribution < -0.4 is 5.73 Å². The number of aromatic hydroxyl groups is 1. The fourth-order valence-corrected chi connectivity index (χ4v) is 3.27. The van der Waals surface area contributed by atoms with E-state index in [0.717, 1.165) is 16.7 Å². The maximum Gasteiger partial charge on any atom is 0.170 e. The highest BCUT2D eigenvalue weighted by atomic mass is 35.5. The molecule has 0 aliphatic carbocycles. The van der Waals surface area contributed by atoms with Gasteiger partial charge in [-0.25, -0.2) is 0 Å². The number of amidine groups is 1. The predicted octanol–water partition coefficient (Wildman–Crippen LogP) is 5.44. The molecule has 4 nitrogen and oxygen atoms in total. The molecule has 132 valence electrons. The maximum atomic E-state index is 9.60. The van der Waals surface area contributed by atoms with E-state index in [2.05, 4.69) is 5.16 Å². The zero-order valence-electron chi connectivity index (χ0n) is 13.9. The molecule has 0 aliphatic heterocycles. The predicted molar refractivity (Wildman–Crippen MR) is 106 cm³/mol. The molecule has 3 aromatic rings. The second-order valence-corrected chi connectivity index (χ2v) is 6.73. The Hall–Kier alpha value is -2.69. The molecule has 0 atom stereocenters. The van der Waals surface area contributed by atoms with Crippen LogP contribution in [-0.4, -0.2) is 16.1 Å². The minimum Gasteiger partial charge on any atom is -0.508 e. The highest BCUT2D eigenvalue weighted by Crippen LogP contribution is 2.40. The van der Waals surface area contributed by atoms with Crippen LogP contribution in [0.3, 0.4) is 0 Å². The van der Waals surface area contributed by atoms with E-state index in [1.807, 2.05) is 19.1 Å². The molecule has 3 rings (SSSR count). The van der Waals surface area contributed by atoms with Gasteiger partial charge in [-0.3, -0.25) is 0 Å². The molecule has 0 aliphatic rings. The topological polar surface area (TPSA) is 78.8 Å². The average molecular weight is 387 g/mol. The summed E-state index contributed by atoms with van der Waals surface area (Å²) in [5.41, 5.74) is 10.5. The number of aryl methyl sites for hydroxylation is 1. The number of rotatable bonds is 3. The third-order valence-electron chi connectivity index (χ3n) is 4.04. The summed E-state index contributed by atoms with van der Waals surface area (Å²) in [5, 5.41) is 23.0. The first-order chi connectivity index (χ1) is 12.4. The van der Waals surface area contributed by atoms with Crippen molar-refractivity contribution in [3.8, 4) is 28.0 Å². The van der Waals surface area contributed by atoms with Gasteiger partial charge in [-0.15, -0.1) is 0 Å². The lowest BCUT2D eigenvalue weighted by atomic mass is 9.88. The SMILES string of the molecule is Cc1cc(C(N)=NO)c(-c2cc(Cl)ccc2Cl)c(-c2ccc(O)cc2)c1. The first-order valence-corrected chi connectivity index (χ1v) is 8.53. The molecule has 6 heteroatoms. The van der Waals surface area contributed by atoms with Crippen molar-refractivity contribution in [1.82, 2.24) is 0 Å². The molecule has 0 bridgehead atoms. The normalized spacial score (nSPS) is 11.6. The highest BCUT2D eigenvalue weighted by molar-refractivity contribution is 6.36. The van der Waals surface area contributed by atoms with Crippen LogP contribution in [0.1, 0.15) is 11.1 Å². The van der Waals surface area contributed by atoms with E-state index in [1.54, 1.807) is 42.5 Å². The van der Waals surface area contributed by atoms with E-state index in [9.17, 15) is 10.3 Å². The fourth-order valence-electron chi connectivity index (χ4n) is 2.89. The van der Waals surface area contributed by atoms with E-state index < -0.39 is 0 Å². The molecule has 0 fully saturated rings. The van der Waals surface area contributed by atoms with Crippen LogP contribution in [0, 0.1) is 6.92 Å². The van der Waals surface area contributed by atoms with Gasteiger partial charge < -0.3 is 16.0 Å². The summed E-state index contributed by atoms with van der Waals surface area (Å²) in [6, 6.07) is 15.7. The first-order valence-electron chi connectivity index (χ1n) is 7.78. The lowest BCUT2D eigenvalue weighted by Gasteiger charge is -2.18. The molecule has 0 radical (unpaired) electrons. The lowest BCUT2D eigenvalue weighted by molar-refractivity contribution is 0.318. The van der Waals surface area contributed by atoms with Gasteiger partial charge in [0.25, 0.3) is 0 Å². The number of phenols is 1. The number of benzene rings is 3. The van der Waals surface area contributed by atoms with Crippen LogP contribution in [0.25, 0.3) is 22.3 Å². The van der Waals surface area contributed by atoms with Crippen LogP contribution >= 0.6 is 23.2 Å². The molecule has 26 heavy (non-hydrogen) atoms. The van der Waals surface area contributed by atoms with E-state index >= 15 is 0 Å². The number of phenolic OH excluding ortho intramolecular Hbond substituents is 1. The van der Waals surface area contributed by atoms with Gasteiger partial charge in [0.1, 0.15) is 5.75 Å². The second-order valence-electron chi connectivity index (χ2n) is 5.89. The Bertz CT molecular complexity index is 999. The van der Waals surface area contributed by atoms with E-state index in [-0.39, 0.29) is 11.6 Å². The Morgan fingerprint density at radius 2 is 1.65 bits per heavy atom. The van der Waals surface area contributed by atoms with Crippen molar-refractivity contribution in [2.45, 2.75) is 6.92 Å². The number of oxime groups is 1. The summed E-state index contributed by atoms with van der Waals surface area (Å²) in [5.74, 6) is 0.139. The summed E-state index contributed by atoms with van der Waals surface area (Å²) < 4.78 is 0. The van der Waals surface area contributed by atoms with Crippen molar-refractivity contribution >= 4 is 29.0 Å². The molecular weight excluding hydrogens is 371 g/mol. The molecule has 0 saturated carbocycles. The summed E-state index contributed by atoms with van der Waals surface area (Å²) in [6.07, 6.45) is 0. The van der Waals surface area contributed by atoms with Gasteiger partial charge in [0.15, 0.2) is 5.84 Å². The average Bonchev–Trinajstić information content (AvgIpc) is 2.63. The van der Waals surface area contributed by atoms with Crippen molar-refractivity contribution in [2.75, 3.05) is 0 Å². The Balaban J connectivity index is 2.42. The van der Waals surface area contributed by atoms with E-state index in [1.165, 1.54) is 0 Å². The standard InChI is InChI=1S/C20H16Cl2N2O2/c1-11-8-15(12-2-5-14(25)6-3-12)19(17(9-11)20(23)24-26)16-10-13(21)4-7-18(16)22/h2-10,25-26H,1H3,(H2,23,24). The molecule has 0 spiro atoms. The third-order valence-corrected chi connectivity index (χ3v) is 4.61. The summed E-state index contributed by atoms with van der Waals surface area (Å²) >= 11 is 12.6. The zero-order valence-corrected chi connectivity index (χ0v) is 15.4. The van der Waals surface area contributed by atoms with E-state index in [0.29, 0.717) is 26.7 Å². The number of halogens is 2. The monoisotopic (exact) mass is 386 g/mol. The smallest absolute Gasteiger partial charge is 0.170 e. The van der Waals surface area contributed by atoms with Gasteiger partial charge in [-0.05, 0) is 60.0 Å². The minimum absolute atomic E-state index is 0.0280. The highest BCUT2D eigenvalue weighted by Gasteiger charge is 2.19. The van der Waals surface area contributed by atoms with Crippen molar-refractivity contribution in [2.24, 2.45) is 10.9 Å². The summed E-state index contributed by atoms with van der Waals surface area (Å²) in [7, 11) is 0. The maximum absolute atomic E-state index is 9.60. The Kier molecular flexibility index (Phi) is 5.07. The quantitative estimate of drug-likeness (QED) is 0.242. The molecule has 0 unspecified atom stereocenters. The molecular formula is C20H16Cl2N2O2. The molecule has 0 amide bonds. The Morgan fingerprint density at radius 1 is 0.962 bits per heavy atom. The third kappa shape index (κ3) is 3.47. The van der Waals surface area contributed by atoms with Gasteiger partial charge in [0, 0.05) is 26.7 Å². The van der Waals surface area contributed by atoms with Crippen LogP contribution in [0.5, 0.6) is 5.75 Å². The Morgan fingerprint density at radius 3 is 2.31 bits per heavy atom. The number of nitrogens with two attached hydrogens (primary N) is 1. The Labute approximate surface area is 161 Å². The van der Waals surface area contributed by atoms with Gasteiger partial charge in [0.2, 0.25) is 0 Å². The largest absolute Gasteiger partial charge is 0.508 e. The zero-order chi connectivity index (χ0) is 18.8. The lowest BCUT2D eigenvalue weighted by Crippen LogP contribution is -2.15. The van der Waals surface area contributed by atoms with Gasteiger partial charge >= 0.3 is 0 Å². The van der Waals surface area contributed by atoms with Gasteiger partial charge in [-0.1, -0.05) is 46.6 Å². The van der Waals surface area contributed by atoms with Crippen molar-refractivity contribution < 1.29 is 10.3 Å². The van der Waals surface area contributed by atoms with Crippen LogP contribution in [0.4, 0.5) is 0 Å². The number of hydrogen-bond donors (Lipinski definition) is 3. The van der Waals surface area contributed by atoms with Crippen molar-refractivity contribution in [1.29, 1.82) is 0 Å². The first kappa shape index (κ1) is 18.1. The number of nitrogens with zero attached hydrogens (tertiary/aromatic N) is 1. The second kappa shape index (κ2) is 7.28. The fraction of sp³-hybridized carbons (Fsp3) is 0.0500. The molecule has 3 aromatic carbocycles. The van der Waals surface area contributed by atoms with E-state index in [4.69, 9.17) is 28.9 Å². The summed E-state index contributed by atoms with van der Waals surface area (Å²) in [6.45, 7) is 1.92. The van der Waals surface area contributed by atoms with Gasteiger partial charge in [-0.2, -0.15) is 0 Å². The number of hydrogen-bond acceptors (Lipinski definition) is 3. The minimum atomic E-state index is -0.0280. The molecule has 0 aromatic heterocycles. The molecule has 4 N–H and O–H groups in total.